The lowest BCUT2D eigenvalue weighted by molar-refractivity contribution is 0.627. The SMILES string of the molecule is CC1=C(C#N)C(C=C(Cl)c2ccc(F)cc2)C(C#N)=C(C)N1. The lowest BCUT2D eigenvalue weighted by Gasteiger charge is -2.24. The van der Waals surface area contributed by atoms with E-state index in [0.717, 1.165) is 0 Å². The van der Waals surface area contributed by atoms with Crippen molar-refractivity contribution in [2.45, 2.75) is 13.8 Å². The minimum absolute atomic E-state index is 0.350. The number of nitrogens with zero attached hydrogens (tertiary/aromatic N) is 2. The van der Waals surface area contributed by atoms with Crippen LogP contribution >= 0.6 is 11.6 Å². The van der Waals surface area contributed by atoms with Gasteiger partial charge in [0.25, 0.3) is 0 Å². The van der Waals surface area contributed by atoms with Gasteiger partial charge in [0.05, 0.1) is 29.2 Å². The van der Waals surface area contributed by atoms with Gasteiger partial charge in [0.15, 0.2) is 0 Å². The summed E-state index contributed by atoms with van der Waals surface area (Å²) < 4.78 is 13.0. The Kier molecular flexibility index (Phi) is 4.65. The van der Waals surface area contributed by atoms with Gasteiger partial charge < -0.3 is 5.32 Å². The van der Waals surface area contributed by atoms with E-state index in [4.69, 9.17) is 11.6 Å². The molecule has 1 aromatic rings. The fraction of sp³-hybridized carbons (Fsp3) is 0.176. The van der Waals surface area contributed by atoms with E-state index in [0.29, 0.717) is 33.1 Å². The van der Waals surface area contributed by atoms with Crippen molar-refractivity contribution in [3.63, 3.8) is 0 Å². The fourth-order valence-electron chi connectivity index (χ4n) is 2.35. The lowest BCUT2D eigenvalue weighted by Crippen LogP contribution is -2.23. The zero-order valence-electron chi connectivity index (χ0n) is 12.1. The molecule has 0 amide bonds. The highest BCUT2D eigenvalue weighted by Gasteiger charge is 2.26. The van der Waals surface area contributed by atoms with Crippen LogP contribution in [0.5, 0.6) is 0 Å². The van der Waals surface area contributed by atoms with E-state index >= 15 is 0 Å². The number of halogens is 2. The molecule has 0 radical (unpaired) electrons. The highest BCUT2D eigenvalue weighted by molar-refractivity contribution is 6.48. The van der Waals surface area contributed by atoms with Crippen LogP contribution in [0.1, 0.15) is 19.4 Å². The molecule has 0 atom stereocenters. The van der Waals surface area contributed by atoms with Crippen molar-refractivity contribution in [1.82, 2.24) is 5.32 Å². The summed E-state index contributed by atoms with van der Waals surface area (Å²) in [7, 11) is 0. The van der Waals surface area contributed by atoms with Crippen LogP contribution in [-0.2, 0) is 0 Å². The molecule has 0 saturated heterocycles. The van der Waals surface area contributed by atoms with Crippen molar-refractivity contribution in [3.05, 3.63) is 64.3 Å². The molecule has 5 heteroatoms. The van der Waals surface area contributed by atoms with Gasteiger partial charge in [0.1, 0.15) is 5.82 Å². The highest BCUT2D eigenvalue weighted by atomic mass is 35.5. The van der Waals surface area contributed by atoms with Gasteiger partial charge in [-0.05, 0) is 31.5 Å². The van der Waals surface area contributed by atoms with Gasteiger partial charge in [-0.2, -0.15) is 10.5 Å². The van der Waals surface area contributed by atoms with Gasteiger partial charge >= 0.3 is 0 Å². The van der Waals surface area contributed by atoms with Crippen LogP contribution in [0, 0.1) is 34.4 Å². The van der Waals surface area contributed by atoms with E-state index in [1.54, 1.807) is 32.1 Å². The number of rotatable bonds is 2. The summed E-state index contributed by atoms with van der Waals surface area (Å²) in [6.07, 6.45) is 1.65. The lowest BCUT2D eigenvalue weighted by atomic mass is 9.86. The molecule has 2 rings (SSSR count). The molecule has 1 N–H and O–H groups in total. The molecule has 0 spiro atoms. The molecule has 0 aliphatic carbocycles. The zero-order chi connectivity index (χ0) is 16.3. The van der Waals surface area contributed by atoms with Crippen LogP contribution in [-0.4, -0.2) is 0 Å². The second kappa shape index (κ2) is 6.47. The normalized spacial score (nSPS) is 16.2. The van der Waals surface area contributed by atoms with Crippen molar-refractivity contribution in [2.75, 3.05) is 0 Å². The van der Waals surface area contributed by atoms with E-state index in [1.807, 2.05) is 0 Å². The van der Waals surface area contributed by atoms with Crippen LogP contribution in [0.25, 0.3) is 5.03 Å². The highest BCUT2D eigenvalue weighted by Crippen LogP contribution is 2.33. The van der Waals surface area contributed by atoms with Crippen molar-refractivity contribution in [1.29, 1.82) is 10.5 Å². The standard InChI is InChI=1S/C17H13ClFN3/c1-10-15(8-20)14(16(9-21)11(2)22-10)7-17(18)12-3-5-13(19)6-4-12/h3-7,14,22H,1-2H3. The Balaban J connectivity index is 2.49. The van der Waals surface area contributed by atoms with E-state index in [9.17, 15) is 14.9 Å². The van der Waals surface area contributed by atoms with Gasteiger partial charge in [-0.1, -0.05) is 29.8 Å². The summed E-state index contributed by atoms with van der Waals surface area (Å²) >= 11 is 6.29. The van der Waals surface area contributed by atoms with Gasteiger partial charge in [-0.3, -0.25) is 0 Å². The van der Waals surface area contributed by atoms with Gasteiger partial charge in [-0.15, -0.1) is 0 Å². The summed E-state index contributed by atoms with van der Waals surface area (Å²) in [4.78, 5) is 0. The van der Waals surface area contributed by atoms with Crippen molar-refractivity contribution in [2.24, 2.45) is 5.92 Å². The summed E-state index contributed by atoms with van der Waals surface area (Å²) in [5, 5.41) is 22.1. The summed E-state index contributed by atoms with van der Waals surface area (Å²) in [5.74, 6) is -0.856. The Morgan fingerprint density at radius 3 is 2.09 bits per heavy atom. The predicted molar refractivity (Wildman–Crippen MR) is 83.5 cm³/mol. The number of allylic oxidation sites excluding steroid dienone is 5. The Bertz CT molecular complexity index is 738. The third-order valence-corrected chi connectivity index (χ3v) is 3.82. The smallest absolute Gasteiger partial charge is 0.123 e. The molecular weight excluding hydrogens is 301 g/mol. The number of nitriles is 2. The Labute approximate surface area is 133 Å². The van der Waals surface area contributed by atoms with Gasteiger partial charge in [-0.25, -0.2) is 4.39 Å². The van der Waals surface area contributed by atoms with Crippen LogP contribution in [0.3, 0.4) is 0 Å². The molecule has 110 valence electrons. The van der Waals surface area contributed by atoms with Crippen molar-refractivity contribution >= 4 is 16.6 Å². The molecule has 1 aliphatic rings. The van der Waals surface area contributed by atoms with Crippen LogP contribution in [0.2, 0.25) is 0 Å². The third-order valence-electron chi connectivity index (χ3n) is 3.48. The maximum Gasteiger partial charge on any atom is 0.123 e. The Morgan fingerprint density at radius 2 is 1.64 bits per heavy atom. The van der Waals surface area contributed by atoms with Gasteiger partial charge in [0.2, 0.25) is 0 Å². The van der Waals surface area contributed by atoms with E-state index < -0.39 is 5.92 Å². The Hall–Kier alpha value is -2.56. The largest absolute Gasteiger partial charge is 0.361 e. The van der Waals surface area contributed by atoms with E-state index in [-0.39, 0.29) is 5.82 Å². The molecule has 0 fully saturated rings. The molecule has 1 aromatic carbocycles. The molecule has 1 heterocycles. The first-order valence-electron chi connectivity index (χ1n) is 6.60. The quantitative estimate of drug-likeness (QED) is 0.889. The summed E-state index contributed by atoms with van der Waals surface area (Å²) in [6, 6.07) is 9.98. The molecule has 0 unspecified atom stereocenters. The summed E-state index contributed by atoms with van der Waals surface area (Å²) in [5.41, 5.74) is 2.92. The van der Waals surface area contributed by atoms with Crippen LogP contribution in [0.4, 0.5) is 4.39 Å². The number of dihydropyridines is 1. The first-order chi connectivity index (χ1) is 10.5. The molecule has 0 bridgehead atoms. The maximum atomic E-state index is 13.0. The van der Waals surface area contributed by atoms with Crippen LogP contribution in [0.15, 0.2) is 52.9 Å². The van der Waals surface area contributed by atoms with Crippen molar-refractivity contribution < 1.29 is 4.39 Å². The monoisotopic (exact) mass is 313 g/mol. The average molecular weight is 314 g/mol. The second-order valence-corrected chi connectivity index (χ2v) is 5.33. The second-order valence-electron chi connectivity index (χ2n) is 4.93. The number of nitrogens with one attached hydrogen (secondary N) is 1. The van der Waals surface area contributed by atoms with E-state index in [1.165, 1.54) is 12.1 Å². The summed E-state index contributed by atoms with van der Waals surface area (Å²) in [6.45, 7) is 3.56. The zero-order valence-corrected chi connectivity index (χ0v) is 12.9. The molecular formula is C17H13ClFN3. The number of hydrogen-bond acceptors (Lipinski definition) is 3. The van der Waals surface area contributed by atoms with Crippen molar-refractivity contribution in [3.8, 4) is 12.1 Å². The number of hydrogen-bond donors (Lipinski definition) is 1. The molecule has 1 aliphatic heterocycles. The number of benzene rings is 1. The first kappa shape index (κ1) is 15.8. The molecule has 0 aromatic heterocycles. The molecule has 22 heavy (non-hydrogen) atoms. The molecule has 3 nitrogen and oxygen atoms in total. The average Bonchev–Trinajstić information content (AvgIpc) is 2.48. The van der Waals surface area contributed by atoms with Gasteiger partial charge in [0, 0.05) is 16.4 Å². The van der Waals surface area contributed by atoms with E-state index in [2.05, 4.69) is 17.5 Å². The minimum atomic E-state index is -0.506. The third kappa shape index (κ3) is 3.03. The minimum Gasteiger partial charge on any atom is -0.361 e. The Morgan fingerprint density at radius 1 is 1.14 bits per heavy atom. The van der Waals surface area contributed by atoms with Crippen LogP contribution < -0.4 is 5.32 Å². The first-order valence-corrected chi connectivity index (χ1v) is 6.97. The maximum absolute atomic E-state index is 13.0. The topological polar surface area (TPSA) is 59.6 Å². The fourth-order valence-corrected chi connectivity index (χ4v) is 2.60. The molecule has 0 saturated carbocycles. The predicted octanol–water partition coefficient (Wildman–Crippen LogP) is 4.22.